The van der Waals surface area contributed by atoms with Crippen molar-refractivity contribution in [3.05, 3.63) is 136 Å². The number of fused-ring (bicyclic) bond motifs is 11. The van der Waals surface area contributed by atoms with E-state index in [0.717, 1.165) is 47.7 Å². The summed E-state index contributed by atoms with van der Waals surface area (Å²) in [6.45, 7) is 23.0. The summed E-state index contributed by atoms with van der Waals surface area (Å²) in [5.74, 6) is 0.310. The predicted molar refractivity (Wildman–Crippen MR) is 216 cm³/mol. The molecule has 3 aromatic heterocycles. The highest BCUT2D eigenvalue weighted by atomic mass is 16.3. The van der Waals surface area contributed by atoms with E-state index < -0.39 is 0 Å². The van der Waals surface area contributed by atoms with Crippen LogP contribution in [0.3, 0.4) is 0 Å². The van der Waals surface area contributed by atoms with Gasteiger partial charge in [-0.25, -0.2) is 4.98 Å². The quantitative estimate of drug-likeness (QED) is 0.137. The fraction of sp³-hybridized carbons (Fsp3) is 0.333. The molecule has 0 fully saturated rings. The van der Waals surface area contributed by atoms with E-state index in [9.17, 15) is 0 Å². The van der Waals surface area contributed by atoms with Crippen molar-refractivity contribution in [2.24, 2.45) is 0 Å². The summed E-state index contributed by atoms with van der Waals surface area (Å²) in [5, 5.41) is 2.19. The molecule has 0 N–H and O–H groups in total. The summed E-state index contributed by atoms with van der Waals surface area (Å²) in [4.78, 5) is 5.20. The van der Waals surface area contributed by atoms with Crippen molar-refractivity contribution >= 4 is 27.8 Å². The number of hydrogen-bond acceptors (Lipinski definition) is 2. The van der Waals surface area contributed by atoms with Gasteiger partial charge < -0.3 is 4.42 Å². The van der Waals surface area contributed by atoms with E-state index in [-0.39, 0.29) is 6.04 Å². The molecule has 0 saturated heterocycles. The van der Waals surface area contributed by atoms with Crippen molar-refractivity contribution in [2.75, 3.05) is 7.05 Å². The molecule has 6 aromatic rings. The highest BCUT2D eigenvalue weighted by Crippen LogP contribution is 2.50. The Labute approximate surface area is 309 Å². The largest absolute Gasteiger partial charge is 0.437 e. The van der Waals surface area contributed by atoms with Crippen LogP contribution in [0, 0.1) is 34.6 Å². The van der Waals surface area contributed by atoms with Crippen molar-refractivity contribution in [1.82, 2.24) is 4.98 Å². The zero-order chi connectivity index (χ0) is 36.6. The Morgan fingerprint density at radius 2 is 1.65 bits per heavy atom. The Morgan fingerprint density at radius 1 is 0.904 bits per heavy atom. The van der Waals surface area contributed by atoms with Crippen LogP contribution >= 0.6 is 0 Å². The molecule has 3 unspecified atom stereocenters. The Morgan fingerprint density at radius 3 is 2.38 bits per heavy atom. The fourth-order valence-electron chi connectivity index (χ4n) is 9.36. The standard InChI is InChI=1S/C48H53N3O/c1-11-13-44-46-35(17-20-37-38-21-22-41(49-48(38)52-47(37)46)45-30(5)14-12-15-31(45)6)18-23-42-40(26-34(9)51(44,10)28(2)3)39-24-29(4)16-19-36(39)43-25-32(7)33(8)27-50(42)43/h12-17,19-22,24-25,27-28,40,42H,9,11,18,23,26H2,1-8,10H3/q+2/b44-13-. The van der Waals surface area contributed by atoms with Crippen molar-refractivity contribution < 1.29 is 13.5 Å². The SMILES string of the molecule is C=C1CC2c3cc(C)ccc3-c3cc(C)c(C)c[n+]3C2CCc2ccc3c(oc4nc(-c5c(C)cccc5C)ccc43)c2/C(=C/CC)[N+]1(C)C(C)C. The molecule has 5 heterocycles. The minimum Gasteiger partial charge on any atom is -0.437 e. The summed E-state index contributed by atoms with van der Waals surface area (Å²) in [6, 6.07) is 25.5. The molecule has 0 bridgehead atoms. The normalized spacial score (nSPS) is 21.0. The van der Waals surface area contributed by atoms with E-state index in [0.29, 0.717) is 22.2 Å². The zero-order valence-corrected chi connectivity index (χ0v) is 32.5. The number of nitrogens with zero attached hydrogens (tertiary/aromatic N) is 3. The first kappa shape index (κ1) is 34.3. The number of pyridine rings is 2. The van der Waals surface area contributed by atoms with E-state index in [1.54, 1.807) is 0 Å². The minimum atomic E-state index is 0.259. The van der Waals surface area contributed by atoms with Gasteiger partial charge in [0.25, 0.3) is 0 Å². The lowest BCUT2D eigenvalue weighted by molar-refractivity contribution is -0.825. The van der Waals surface area contributed by atoms with Gasteiger partial charge in [0, 0.05) is 46.4 Å². The molecule has 264 valence electrons. The van der Waals surface area contributed by atoms with Gasteiger partial charge >= 0.3 is 0 Å². The van der Waals surface area contributed by atoms with Gasteiger partial charge in [0.1, 0.15) is 11.4 Å². The van der Waals surface area contributed by atoms with Gasteiger partial charge in [-0.15, -0.1) is 0 Å². The topological polar surface area (TPSA) is 29.9 Å². The van der Waals surface area contributed by atoms with Crippen LogP contribution in [0.5, 0.6) is 0 Å². The Balaban J connectivity index is 1.38. The molecule has 52 heavy (non-hydrogen) atoms. The predicted octanol–water partition coefficient (Wildman–Crippen LogP) is 11.9. The maximum Gasteiger partial charge on any atom is 0.227 e. The van der Waals surface area contributed by atoms with Gasteiger partial charge in [0.15, 0.2) is 17.8 Å². The molecular weight excluding hydrogens is 635 g/mol. The Kier molecular flexibility index (Phi) is 8.38. The second-order valence-electron chi connectivity index (χ2n) is 16.1. The molecule has 4 nitrogen and oxygen atoms in total. The minimum absolute atomic E-state index is 0.259. The van der Waals surface area contributed by atoms with Crippen LogP contribution in [0.4, 0.5) is 0 Å². The van der Waals surface area contributed by atoms with E-state index in [2.05, 4.69) is 146 Å². The lowest BCUT2D eigenvalue weighted by atomic mass is 9.76. The van der Waals surface area contributed by atoms with Crippen LogP contribution < -0.4 is 4.57 Å². The third-order valence-corrected chi connectivity index (χ3v) is 12.6. The maximum absolute atomic E-state index is 7.00. The number of quaternary nitrogens is 1. The molecule has 2 aliphatic heterocycles. The van der Waals surface area contributed by atoms with Gasteiger partial charge in [-0.3, -0.25) is 4.48 Å². The lowest BCUT2D eigenvalue weighted by Gasteiger charge is -2.43. The Hall–Kier alpha value is -4.80. The molecule has 0 aliphatic carbocycles. The van der Waals surface area contributed by atoms with Crippen LogP contribution in [0.15, 0.2) is 95.7 Å². The number of rotatable bonds is 3. The summed E-state index contributed by atoms with van der Waals surface area (Å²) in [5.41, 5.74) is 19.4. The van der Waals surface area contributed by atoms with E-state index in [4.69, 9.17) is 16.0 Å². The van der Waals surface area contributed by atoms with Crippen molar-refractivity contribution in [1.29, 1.82) is 0 Å². The third-order valence-electron chi connectivity index (χ3n) is 12.6. The van der Waals surface area contributed by atoms with Crippen LogP contribution in [-0.4, -0.2) is 22.6 Å². The first-order valence-electron chi connectivity index (χ1n) is 19.2. The maximum atomic E-state index is 7.00. The van der Waals surface area contributed by atoms with Gasteiger partial charge in [-0.1, -0.05) is 55.0 Å². The number of allylic oxidation sites excluding steroid dienone is 2. The molecule has 0 radical (unpaired) electrons. The van der Waals surface area contributed by atoms with Crippen LogP contribution in [0.2, 0.25) is 0 Å². The second kappa shape index (κ2) is 12.7. The summed E-state index contributed by atoms with van der Waals surface area (Å²) >= 11 is 0. The first-order chi connectivity index (χ1) is 24.9. The molecule has 3 aromatic carbocycles. The van der Waals surface area contributed by atoms with E-state index in [1.165, 1.54) is 72.7 Å². The third kappa shape index (κ3) is 5.21. The second-order valence-corrected chi connectivity index (χ2v) is 16.1. The number of aryl methyl sites for hydroxylation is 6. The molecule has 4 heteroatoms. The molecule has 2 aliphatic rings. The van der Waals surface area contributed by atoms with Gasteiger partial charge in [0.2, 0.25) is 11.4 Å². The smallest absolute Gasteiger partial charge is 0.227 e. The fourth-order valence-corrected chi connectivity index (χ4v) is 9.36. The molecular formula is C48H53N3O+2. The number of furan rings is 1. The summed E-state index contributed by atoms with van der Waals surface area (Å²) in [6.07, 6.45) is 8.65. The summed E-state index contributed by atoms with van der Waals surface area (Å²) < 4.78 is 10.3. The average Bonchev–Trinajstić information content (AvgIpc) is 3.48. The highest BCUT2D eigenvalue weighted by Gasteiger charge is 2.46. The van der Waals surface area contributed by atoms with E-state index in [1.807, 2.05) is 0 Å². The van der Waals surface area contributed by atoms with Gasteiger partial charge in [0.05, 0.1) is 30.3 Å². The molecule has 0 spiro atoms. The highest BCUT2D eigenvalue weighted by molar-refractivity contribution is 6.07. The van der Waals surface area contributed by atoms with Crippen LogP contribution in [0.25, 0.3) is 50.3 Å². The van der Waals surface area contributed by atoms with Crippen molar-refractivity contribution in [2.45, 2.75) is 99.1 Å². The summed E-state index contributed by atoms with van der Waals surface area (Å²) in [7, 11) is 2.39. The van der Waals surface area contributed by atoms with Gasteiger partial charge in [-0.2, -0.15) is 4.57 Å². The Bertz CT molecular complexity index is 2440. The number of aromatic nitrogens is 2. The van der Waals surface area contributed by atoms with Gasteiger partial charge in [-0.05, 0) is 120 Å². The monoisotopic (exact) mass is 687 g/mol. The zero-order valence-electron chi connectivity index (χ0n) is 32.5. The molecule has 3 atom stereocenters. The average molecular weight is 688 g/mol. The van der Waals surface area contributed by atoms with E-state index >= 15 is 0 Å². The van der Waals surface area contributed by atoms with Crippen LogP contribution in [0.1, 0.15) is 96.5 Å². The van der Waals surface area contributed by atoms with Crippen molar-refractivity contribution in [3.63, 3.8) is 0 Å². The number of benzene rings is 3. The van der Waals surface area contributed by atoms with Crippen molar-refractivity contribution in [3.8, 4) is 22.5 Å². The van der Waals surface area contributed by atoms with Crippen LogP contribution in [-0.2, 0) is 6.42 Å². The molecule has 8 rings (SSSR count). The lowest BCUT2D eigenvalue weighted by Crippen LogP contribution is -2.51. The number of hydrogen-bond donors (Lipinski definition) is 0. The molecule has 0 amide bonds. The molecule has 0 saturated carbocycles. The first-order valence-corrected chi connectivity index (χ1v) is 19.2.